The molecule has 0 atom stereocenters. The number of carbonyl (C=O) groups excluding carboxylic acids is 1. The molecule has 104 valence electrons. The predicted octanol–water partition coefficient (Wildman–Crippen LogP) is 2.06. The van der Waals surface area contributed by atoms with Gasteiger partial charge in [-0.1, -0.05) is 0 Å². The maximum Gasteiger partial charge on any atom is 0.312 e. The van der Waals surface area contributed by atoms with Crippen molar-refractivity contribution in [1.29, 1.82) is 5.26 Å². The molecule has 1 aromatic rings. The average molecular weight is 340 g/mol. The minimum Gasteiger partial charge on any atom is -0.501 e. The Morgan fingerprint density at radius 2 is 2.15 bits per heavy atom. The highest BCUT2D eigenvalue weighted by Crippen LogP contribution is 2.35. The van der Waals surface area contributed by atoms with Crippen molar-refractivity contribution in [2.75, 3.05) is 14.1 Å². The Kier molecular flexibility index (Phi) is 4.83. The minimum absolute atomic E-state index is 0.104. The van der Waals surface area contributed by atoms with Gasteiger partial charge < -0.3 is 10.0 Å². The highest BCUT2D eigenvalue weighted by Gasteiger charge is 2.18. The zero-order chi connectivity index (χ0) is 15.4. The summed E-state index contributed by atoms with van der Waals surface area (Å²) in [5.74, 6) is -1.02. The summed E-state index contributed by atoms with van der Waals surface area (Å²) < 4.78 is 0.104. The highest BCUT2D eigenvalue weighted by atomic mass is 79.9. The first kappa shape index (κ1) is 15.7. The van der Waals surface area contributed by atoms with Gasteiger partial charge in [0.15, 0.2) is 0 Å². The summed E-state index contributed by atoms with van der Waals surface area (Å²) in [7, 11) is 2.98. The molecular formula is C12H10BrN3O4. The lowest BCUT2D eigenvalue weighted by atomic mass is 10.1. The third kappa shape index (κ3) is 3.33. The molecule has 0 aliphatic rings. The molecule has 1 rings (SSSR count). The lowest BCUT2D eigenvalue weighted by molar-refractivity contribution is -0.386. The third-order valence-corrected chi connectivity index (χ3v) is 2.93. The molecule has 0 heterocycles. The van der Waals surface area contributed by atoms with Crippen LogP contribution in [0.15, 0.2) is 22.2 Å². The number of nitriles is 1. The molecule has 8 heteroatoms. The number of benzene rings is 1. The lowest BCUT2D eigenvalue weighted by Gasteiger charge is -2.08. The van der Waals surface area contributed by atoms with Gasteiger partial charge in [-0.2, -0.15) is 5.26 Å². The van der Waals surface area contributed by atoms with Crippen LogP contribution in [0.4, 0.5) is 5.69 Å². The smallest absolute Gasteiger partial charge is 0.312 e. The number of nitro groups is 1. The number of halogens is 1. The molecule has 0 saturated carbocycles. The summed E-state index contributed by atoms with van der Waals surface area (Å²) >= 11 is 2.98. The second-order valence-corrected chi connectivity index (χ2v) is 4.85. The second kappa shape index (κ2) is 6.16. The number of nitrogens with zero attached hydrogens (tertiary/aromatic N) is 3. The van der Waals surface area contributed by atoms with E-state index in [0.29, 0.717) is 0 Å². The van der Waals surface area contributed by atoms with Gasteiger partial charge in [-0.3, -0.25) is 14.9 Å². The summed E-state index contributed by atoms with van der Waals surface area (Å²) in [5, 5.41) is 29.3. The molecule has 1 aromatic carbocycles. The van der Waals surface area contributed by atoms with Crippen LogP contribution in [-0.4, -0.2) is 34.9 Å². The fourth-order valence-electron chi connectivity index (χ4n) is 1.38. The van der Waals surface area contributed by atoms with Crippen LogP contribution in [0.1, 0.15) is 5.56 Å². The summed E-state index contributed by atoms with van der Waals surface area (Å²) in [5.41, 5.74) is -0.421. The molecule has 0 saturated heterocycles. The molecular weight excluding hydrogens is 330 g/mol. The third-order valence-electron chi connectivity index (χ3n) is 2.33. The van der Waals surface area contributed by atoms with Crippen molar-refractivity contribution in [2.24, 2.45) is 0 Å². The van der Waals surface area contributed by atoms with Crippen LogP contribution in [0, 0.1) is 21.4 Å². The van der Waals surface area contributed by atoms with Gasteiger partial charge in [0.2, 0.25) is 5.75 Å². The molecule has 1 amide bonds. The van der Waals surface area contributed by atoms with E-state index in [9.17, 15) is 20.0 Å². The van der Waals surface area contributed by atoms with E-state index in [1.54, 1.807) is 6.07 Å². The van der Waals surface area contributed by atoms with Crippen molar-refractivity contribution >= 4 is 33.6 Å². The molecule has 0 aliphatic heterocycles. The number of nitro benzene ring substituents is 1. The van der Waals surface area contributed by atoms with E-state index in [1.807, 2.05) is 0 Å². The second-order valence-electron chi connectivity index (χ2n) is 4.00. The number of phenols is 1. The first-order valence-corrected chi connectivity index (χ1v) is 6.07. The fourth-order valence-corrected chi connectivity index (χ4v) is 1.84. The predicted molar refractivity (Wildman–Crippen MR) is 74.7 cm³/mol. The van der Waals surface area contributed by atoms with Gasteiger partial charge >= 0.3 is 5.69 Å². The van der Waals surface area contributed by atoms with Crippen LogP contribution in [0.3, 0.4) is 0 Å². The summed E-state index contributed by atoms with van der Waals surface area (Å²) in [6.07, 6.45) is 1.22. The Morgan fingerprint density at radius 1 is 1.55 bits per heavy atom. The molecule has 0 unspecified atom stereocenters. The first-order valence-electron chi connectivity index (χ1n) is 5.28. The van der Waals surface area contributed by atoms with Crippen LogP contribution in [-0.2, 0) is 4.79 Å². The molecule has 0 aliphatic carbocycles. The number of rotatable bonds is 3. The van der Waals surface area contributed by atoms with Crippen LogP contribution in [0.5, 0.6) is 5.75 Å². The van der Waals surface area contributed by atoms with Crippen molar-refractivity contribution in [3.05, 3.63) is 37.9 Å². The molecule has 0 fully saturated rings. The molecule has 0 spiro atoms. The van der Waals surface area contributed by atoms with E-state index < -0.39 is 22.3 Å². The molecule has 20 heavy (non-hydrogen) atoms. The molecule has 7 nitrogen and oxygen atoms in total. The van der Waals surface area contributed by atoms with Crippen molar-refractivity contribution in [2.45, 2.75) is 0 Å². The number of carbonyl (C=O) groups is 1. The number of amides is 1. The van der Waals surface area contributed by atoms with Gasteiger partial charge in [-0.05, 0) is 33.6 Å². The summed E-state index contributed by atoms with van der Waals surface area (Å²) in [6.45, 7) is 0. The Labute approximate surface area is 123 Å². The summed E-state index contributed by atoms with van der Waals surface area (Å²) in [4.78, 5) is 22.9. The van der Waals surface area contributed by atoms with Gasteiger partial charge in [0, 0.05) is 20.2 Å². The van der Waals surface area contributed by atoms with Crippen LogP contribution >= 0.6 is 15.9 Å². The van der Waals surface area contributed by atoms with E-state index in [2.05, 4.69) is 15.9 Å². The molecule has 1 N–H and O–H groups in total. The Balaban J connectivity index is 3.38. The summed E-state index contributed by atoms with van der Waals surface area (Å²) in [6, 6.07) is 4.20. The van der Waals surface area contributed by atoms with Crippen molar-refractivity contribution < 1.29 is 14.8 Å². The van der Waals surface area contributed by atoms with Gasteiger partial charge in [0.1, 0.15) is 11.6 Å². The first-order chi connectivity index (χ1) is 9.27. The van der Waals surface area contributed by atoms with Crippen molar-refractivity contribution in [3.63, 3.8) is 0 Å². The quantitative estimate of drug-likeness (QED) is 0.392. The number of likely N-dealkylation sites (N-methyl/N-ethyl adjacent to an activating group) is 1. The Morgan fingerprint density at radius 3 is 2.60 bits per heavy atom. The molecule has 0 aromatic heterocycles. The maximum absolute atomic E-state index is 11.7. The van der Waals surface area contributed by atoms with E-state index >= 15 is 0 Å². The van der Waals surface area contributed by atoms with Gasteiger partial charge in [0.05, 0.1) is 9.40 Å². The topological polar surface area (TPSA) is 107 Å². The van der Waals surface area contributed by atoms with Gasteiger partial charge in [-0.25, -0.2) is 0 Å². The Hall–Kier alpha value is -2.40. The highest BCUT2D eigenvalue weighted by molar-refractivity contribution is 9.10. The molecule has 0 bridgehead atoms. The van der Waals surface area contributed by atoms with E-state index in [4.69, 9.17) is 5.26 Å². The number of aromatic hydroxyl groups is 1. The zero-order valence-corrected chi connectivity index (χ0v) is 12.2. The van der Waals surface area contributed by atoms with Gasteiger partial charge in [0.25, 0.3) is 5.91 Å². The normalized spacial score (nSPS) is 10.8. The van der Waals surface area contributed by atoms with Crippen molar-refractivity contribution in [3.8, 4) is 11.8 Å². The van der Waals surface area contributed by atoms with Crippen molar-refractivity contribution in [1.82, 2.24) is 4.90 Å². The molecule has 0 radical (unpaired) electrons. The van der Waals surface area contributed by atoms with Gasteiger partial charge in [-0.15, -0.1) is 0 Å². The lowest BCUT2D eigenvalue weighted by Crippen LogP contribution is -2.22. The Bertz CT molecular complexity index is 647. The minimum atomic E-state index is -0.753. The largest absolute Gasteiger partial charge is 0.501 e. The van der Waals surface area contributed by atoms with Crippen LogP contribution in [0.25, 0.3) is 6.08 Å². The van der Waals surface area contributed by atoms with E-state index in [1.165, 1.54) is 31.1 Å². The van der Waals surface area contributed by atoms with E-state index in [-0.39, 0.29) is 15.6 Å². The standard InChI is InChI=1S/C12H10BrN3O4/c1-15(2)12(18)8(6-14)3-7-4-9(13)11(17)10(5-7)16(19)20/h3-5,17H,1-2H3/b8-3-. The number of hydrogen-bond donors (Lipinski definition) is 1. The van der Waals surface area contributed by atoms with Crippen LogP contribution in [0.2, 0.25) is 0 Å². The van der Waals surface area contributed by atoms with Crippen LogP contribution < -0.4 is 0 Å². The number of hydrogen-bond acceptors (Lipinski definition) is 5. The number of phenolic OH excluding ortho intramolecular Hbond substituents is 1. The average Bonchev–Trinajstić information content (AvgIpc) is 2.38. The monoisotopic (exact) mass is 339 g/mol. The SMILES string of the molecule is CN(C)C(=O)/C(C#N)=C\c1cc(Br)c(O)c([N+](=O)[O-])c1. The maximum atomic E-state index is 11.7. The zero-order valence-electron chi connectivity index (χ0n) is 10.6. The van der Waals surface area contributed by atoms with E-state index in [0.717, 1.165) is 6.07 Å². The fraction of sp³-hybridized carbons (Fsp3) is 0.167.